The first-order valence-electron chi connectivity index (χ1n) is 11.8. The lowest BCUT2D eigenvalue weighted by atomic mass is 10.0. The smallest absolute Gasteiger partial charge is 0.326 e. The van der Waals surface area contributed by atoms with Crippen molar-refractivity contribution >= 4 is 11.9 Å². The normalized spacial score (nSPS) is 12.7. The Morgan fingerprint density at radius 2 is 1.47 bits per heavy atom. The quantitative estimate of drug-likeness (QED) is 0.202. The molecule has 0 aliphatic heterocycles. The van der Waals surface area contributed by atoms with Crippen LogP contribution in [0.5, 0.6) is 5.75 Å². The Bertz CT molecular complexity index is 735. The minimum absolute atomic E-state index is 0.129. The van der Waals surface area contributed by atoms with E-state index in [0.29, 0.717) is 6.42 Å². The molecule has 3 N–H and O–H groups in total. The third kappa shape index (κ3) is 14.2. The van der Waals surface area contributed by atoms with Crippen LogP contribution in [0.15, 0.2) is 60.7 Å². The van der Waals surface area contributed by atoms with E-state index in [2.05, 4.69) is 48.7 Å². The highest BCUT2D eigenvalue weighted by Crippen LogP contribution is 2.12. The fourth-order valence-corrected chi connectivity index (χ4v) is 3.24. The van der Waals surface area contributed by atoms with Gasteiger partial charge in [-0.15, -0.1) is 0 Å². The van der Waals surface area contributed by atoms with Crippen molar-refractivity contribution in [1.29, 1.82) is 0 Å². The molecular weight excluding hydrogens is 402 g/mol. The van der Waals surface area contributed by atoms with Crippen LogP contribution in [0.1, 0.15) is 76.7 Å². The topological polar surface area (TPSA) is 86.6 Å². The highest BCUT2D eigenvalue weighted by molar-refractivity contribution is 5.83. The Morgan fingerprint density at radius 3 is 2.12 bits per heavy atom. The maximum absolute atomic E-state index is 12.1. The molecular formula is C27H39NO4. The summed E-state index contributed by atoms with van der Waals surface area (Å²) >= 11 is 0. The van der Waals surface area contributed by atoms with Crippen LogP contribution in [0.3, 0.4) is 0 Å². The van der Waals surface area contributed by atoms with Gasteiger partial charge in [0.25, 0.3) is 0 Å². The molecule has 1 rings (SSSR count). The standard InChI is InChI=1S/C27H39NO4/c1-2-3-4-5-6-7-8-9-10-11-12-13-14-15-16-17-26(30)28-25(27(31)32)22-23-18-20-24(29)21-19-23/h3-4,6-7,9-10,18-21,25,29H,2,5,8,11-17,22H2,1H3,(H,28,30)(H,31,32)/b4-3-,7-6-,10-9-. The highest BCUT2D eigenvalue weighted by atomic mass is 16.4. The van der Waals surface area contributed by atoms with Gasteiger partial charge in [0.05, 0.1) is 0 Å². The Morgan fingerprint density at radius 1 is 0.875 bits per heavy atom. The second-order valence-electron chi connectivity index (χ2n) is 7.93. The monoisotopic (exact) mass is 441 g/mol. The number of aliphatic carboxylic acids is 1. The summed E-state index contributed by atoms with van der Waals surface area (Å²) in [4.78, 5) is 23.5. The van der Waals surface area contributed by atoms with Gasteiger partial charge in [-0.3, -0.25) is 4.79 Å². The number of phenols is 1. The zero-order valence-corrected chi connectivity index (χ0v) is 19.3. The van der Waals surface area contributed by atoms with Crippen molar-refractivity contribution in [3.05, 3.63) is 66.3 Å². The number of unbranched alkanes of at least 4 members (excludes halogenated alkanes) is 5. The number of hydrogen-bond donors (Lipinski definition) is 3. The van der Waals surface area contributed by atoms with Gasteiger partial charge in [0.15, 0.2) is 0 Å². The minimum atomic E-state index is -1.05. The van der Waals surface area contributed by atoms with Gasteiger partial charge in [-0.2, -0.15) is 0 Å². The zero-order chi connectivity index (χ0) is 23.4. The van der Waals surface area contributed by atoms with Crippen LogP contribution >= 0.6 is 0 Å². The highest BCUT2D eigenvalue weighted by Gasteiger charge is 2.20. The molecule has 0 radical (unpaired) electrons. The first-order chi connectivity index (χ1) is 15.5. The molecule has 0 fully saturated rings. The fraction of sp³-hybridized carbons (Fsp3) is 0.481. The molecule has 0 saturated heterocycles. The molecule has 0 saturated carbocycles. The third-order valence-electron chi connectivity index (χ3n) is 5.06. The Hall–Kier alpha value is -2.82. The summed E-state index contributed by atoms with van der Waals surface area (Å²) in [6.07, 6.45) is 23.0. The van der Waals surface area contributed by atoms with Gasteiger partial charge in [0, 0.05) is 12.8 Å². The van der Waals surface area contributed by atoms with Gasteiger partial charge in [-0.05, 0) is 56.2 Å². The van der Waals surface area contributed by atoms with E-state index >= 15 is 0 Å². The van der Waals surface area contributed by atoms with Gasteiger partial charge >= 0.3 is 5.97 Å². The van der Waals surface area contributed by atoms with Crippen molar-refractivity contribution in [3.8, 4) is 5.75 Å². The number of nitrogens with one attached hydrogen (secondary N) is 1. The van der Waals surface area contributed by atoms with E-state index in [0.717, 1.165) is 63.4 Å². The van der Waals surface area contributed by atoms with Crippen molar-refractivity contribution in [3.63, 3.8) is 0 Å². The number of carboxylic acid groups (broad SMARTS) is 1. The number of benzene rings is 1. The molecule has 5 heteroatoms. The zero-order valence-electron chi connectivity index (χ0n) is 19.3. The summed E-state index contributed by atoms with van der Waals surface area (Å²) in [5.41, 5.74) is 0.754. The number of allylic oxidation sites excluding steroid dienone is 6. The van der Waals surface area contributed by atoms with Crippen molar-refractivity contribution in [2.24, 2.45) is 0 Å². The summed E-state index contributed by atoms with van der Waals surface area (Å²) < 4.78 is 0. The molecule has 32 heavy (non-hydrogen) atoms. The Kier molecular flexibility index (Phi) is 15.2. The van der Waals surface area contributed by atoms with E-state index in [9.17, 15) is 19.8 Å². The third-order valence-corrected chi connectivity index (χ3v) is 5.06. The largest absolute Gasteiger partial charge is 0.508 e. The van der Waals surface area contributed by atoms with E-state index in [-0.39, 0.29) is 18.1 Å². The molecule has 0 aliphatic carbocycles. The van der Waals surface area contributed by atoms with Crippen LogP contribution in [0.2, 0.25) is 0 Å². The second kappa shape index (κ2) is 17.8. The van der Waals surface area contributed by atoms with Crippen molar-refractivity contribution in [2.75, 3.05) is 0 Å². The average molecular weight is 442 g/mol. The lowest BCUT2D eigenvalue weighted by Gasteiger charge is -2.14. The number of carbonyl (C=O) groups excluding carboxylic acids is 1. The summed E-state index contributed by atoms with van der Waals surface area (Å²) in [6, 6.07) is 5.39. The van der Waals surface area contributed by atoms with Gasteiger partial charge < -0.3 is 15.5 Å². The van der Waals surface area contributed by atoms with Crippen molar-refractivity contribution in [1.82, 2.24) is 5.32 Å². The summed E-state index contributed by atoms with van der Waals surface area (Å²) in [7, 11) is 0. The Balaban J connectivity index is 2.08. The maximum atomic E-state index is 12.1. The minimum Gasteiger partial charge on any atom is -0.508 e. The molecule has 5 nitrogen and oxygen atoms in total. The first-order valence-corrected chi connectivity index (χ1v) is 11.8. The number of aromatic hydroxyl groups is 1. The van der Waals surface area contributed by atoms with Gasteiger partial charge in [0.2, 0.25) is 5.91 Å². The average Bonchev–Trinajstić information content (AvgIpc) is 2.77. The Labute approximate surface area is 192 Å². The van der Waals surface area contributed by atoms with E-state index in [1.807, 2.05) is 0 Å². The maximum Gasteiger partial charge on any atom is 0.326 e. The van der Waals surface area contributed by atoms with Crippen LogP contribution in [0.4, 0.5) is 0 Å². The molecule has 1 aromatic carbocycles. The summed E-state index contributed by atoms with van der Waals surface area (Å²) in [6.45, 7) is 2.14. The number of hydrogen-bond acceptors (Lipinski definition) is 3. The van der Waals surface area contributed by atoms with Crippen molar-refractivity contribution in [2.45, 2.75) is 83.6 Å². The van der Waals surface area contributed by atoms with E-state index in [1.54, 1.807) is 12.1 Å². The second-order valence-corrected chi connectivity index (χ2v) is 7.93. The molecule has 1 unspecified atom stereocenters. The first kappa shape index (κ1) is 27.2. The molecule has 1 atom stereocenters. The van der Waals surface area contributed by atoms with E-state index < -0.39 is 12.0 Å². The van der Waals surface area contributed by atoms with Gasteiger partial charge in [-0.1, -0.05) is 74.8 Å². The van der Waals surface area contributed by atoms with Crippen LogP contribution in [0.25, 0.3) is 0 Å². The molecule has 0 heterocycles. The number of carboxylic acids is 1. The molecule has 1 aromatic rings. The summed E-state index contributed by atoms with van der Waals surface area (Å²) in [5, 5.41) is 21.3. The molecule has 176 valence electrons. The number of amides is 1. The van der Waals surface area contributed by atoms with Crippen LogP contribution < -0.4 is 5.32 Å². The van der Waals surface area contributed by atoms with E-state index in [4.69, 9.17) is 0 Å². The van der Waals surface area contributed by atoms with E-state index in [1.165, 1.54) is 12.1 Å². The molecule has 0 aromatic heterocycles. The van der Waals surface area contributed by atoms with Gasteiger partial charge in [-0.25, -0.2) is 4.79 Å². The molecule has 0 spiro atoms. The fourth-order valence-electron chi connectivity index (χ4n) is 3.24. The molecule has 0 aliphatic rings. The van der Waals surface area contributed by atoms with Crippen molar-refractivity contribution < 1.29 is 19.8 Å². The molecule has 1 amide bonds. The SMILES string of the molecule is CC/C=C\C/C=C\C/C=C\CCCCCCCC(=O)NC(Cc1ccc(O)cc1)C(=O)O. The predicted molar refractivity (Wildman–Crippen MR) is 131 cm³/mol. The number of carbonyl (C=O) groups is 2. The van der Waals surface area contributed by atoms with Gasteiger partial charge in [0.1, 0.15) is 11.8 Å². The number of phenolic OH excluding ortho intramolecular Hbond substituents is 1. The van der Waals surface area contributed by atoms with Crippen LogP contribution in [-0.2, 0) is 16.0 Å². The van der Waals surface area contributed by atoms with Crippen LogP contribution in [-0.4, -0.2) is 28.1 Å². The van der Waals surface area contributed by atoms with Crippen LogP contribution in [0, 0.1) is 0 Å². The summed E-state index contributed by atoms with van der Waals surface area (Å²) in [5.74, 6) is -1.15. The number of rotatable bonds is 17. The predicted octanol–water partition coefficient (Wildman–Crippen LogP) is 6.09. The lowest BCUT2D eigenvalue weighted by molar-refractivity contribution is -0.141. The molecule has 0 bridgehead atoms. The lowest BCUT2D eigenvalue weighted by Crippen LogP contribution is -2.42.